The average Bonchev–Trinajstić information content (AvgIpc) is 3.11. The molecule has 0 aliphatic heterocycles. The summed E-state index contributed by atoms with van der Waals surface area (Å²) in [6.45, 7) is 9.44. The van der Waals surface area contributed by atoms with E-state index < -0.39 is 0 Å². The zero-order valence-corrected chi connectivity index (χ0v) is 19.9. The zero-order chi connectivity index (χ0) is 23.3. The average molecular weight is 444 g/mol. The Morgan fingerprint density at radius 3 is 2.56 bits per heavy atom. The van der Waals surface area contributed by atoms with Crippen molar-refractivity contribution in [2.45, 2.75) is 91.8 Å². The van der Waals surface area contributed by atoms with Crippen LogP contribution in [0.4, 0.5) is 10.6 Å². The molecule has 1 aliphatic rings. The second-order valence-electron chi connectivity index (χ2n) is 8.93. The van der Waals surface area contributed by atoms with Gasteiger partial charge in [0, 0.05) is 24.8 Å². The lowest BCUT2D eigenvalue weighted by Crippen LogP contribution is -2.45. The van der Waals surface area contributed by atoms with Gasteiger partial charge in [0.05, 0.1) is 11.2 Å². The molecule has 2 aromatic heterocycles. The third-order valence-electron chi connectivity index (χ3n) is 6.25. The Hall–Kier alpha value is -2.84. The number of primary amides is 1. The minimum Gasteiger partial charge on any atom is -0.388 e. The molecule has 0 spiro atoms. The molecule has 1 aliphatic carbocycles. The Kier molecular flexibility index (Phi) is 7.93. The number of anilines is 1. The van der Waals surface area contributed by atoms with Crippen molar-refractivity contribution in [3.05, 3.63) is 17.1 Å². The van der Waals surface area contributed by atoms with Gasteiger partial charge in [-0.1, -0.05) is 24.4 Å². The van der Waals surface area contributed by atoms with Crippen LogP contribution in [0.25, 0.3) is 11.0 Å². The lowest BCUT2D eigenvalue weighted by atomic mass is 9.94. The van der Waals surface area contributed by atoms with E-state index in [2.05, 4.69) is 14.7 Å². The van der Waals surface area contributed by atoms with E-state index in [1.165, 1.54) is 19.3 Å². The lowest BCUT2D eigenvalue weighted by Gasteiger charge is -2.33. The third-order valence-corrected chi connectivity index (χ3v) is 6.25. The van der Waals surface area contributed by atoms with E-state index in [4.69, 9.17) is 21.3 Å². The number of nitrogen functional groups attached to an aromatic ring is 1. The fourth-order valence-electron chi connectivity index (χ4n) is 4.53. The lowest BCUT2D eigenvalue weighted by molar-refractivity contribution is 0.122. The highest BCUT2D eigenvalue weighted by Gasteiger charge is 2.23. The highest BCUT2D eigenvalue weighted by atomic mass is 16.6. The molecule has 32 heavy (non-hydrogen) atoms. The summed E-state index contributed by atoms with van der Waals surface area (Å²) < 4.78 is 2.16. The number of rotatable bonds is 9. The van der Waals surface area contributed by atoms with Crippen LogP contribution in [-0.4, -0.2) is 43.8 Å². The number of nitrogens with zero attached hydrogens (tertiary/aromatic N) is 5. The number of aryl methyl sites for hydroxylation is 3. The van der Waals surface area contributed by atoms with E-state index in [1.54, 1.807) is 0 Å². The maximum Gasteiger partial charge on any atom is 0.315 e. The standard InChI is InChI=1S/C23H37N7O2/c1-15(2)28-32-14-19-27-20-21(16(3)17(4)26-22(20)24)30(19)13-9-8-12-29(23(25)31)18-10-6-5-7-11-18/h18H,5-14H2,1-4H3,(H2,24,26)(H2,25,31). The van der Waals surface area contributed by atoms with Gasteiger partial charge in [0.2, 0.25) is 0 Å². The number of imidazole rings is 1. The van der Waals surface area contributed by atoms with Gasteiger partial charge in [-0.2, -0.15) is 0 Å². The maximum atomic E-state index is 12.0. The largest absolute Gasteiger partial charge is 0.388 e. The quantitative estimate of drug-likeness (QED) is 0.344. The van der Waals surface area contributed by atoms with Gasteiger partial charge in [-0.15, -0.1) is 0 Å². The van der Waals surface area contributed by atoms with E-state index in [-0.39, 0.29) is 18.7 Å². The van der Waals surface area contributed by atoms with Crippen LogP contribution in [0.5, 0.6) is 0 Å². The number of carbonyl (C=O) groups is 1. The number of amides is 2. The molecular weight excluding hydrogens is 406 g/mol. The van der Waals surface area contributed by atoms with Gasteiger partial charge in [0.25, 0.3) is 0 Å². The van der Waals surface area contributed by atoms with E-state index in [9.17, 15) is 4.79 Å². The van der Waals surface area contributed by atoms with Crippen molar-refractivity contribution in [3.63, 3.8) is 0 Å². The number of hydrogen-bond acceptors (Lipinski definition) is 6. The maximum absolute atomic E-state index is 12.0. The van der Waals surface area contributed by atoms with Gasteiger partial charge in [-0.3, -0.25) is 0 Å². The molecule has 9 heteroatoms. The summed E-state index contributed by atoms with van der Waals surface area (Å²) in [5.41, 5.74) is 16.4. The molecule has 0 radical (unpaired) electrons. The number of carbonyl (C=O) groups excluding carboxylic acids is 1. The van der Waals surface area contributed by atoms with Crippen molar-refractivity contribution in [3.8, 4) is 0 Å². The summed E-state index contributed by atoms with van der Waals surface area (Å²) in [6.07, 6.45) is 7.45. The molecule has 0 bridgehead atoms. The number of fused-ring (bicyclic) bond motifs is 1. The smallest absolute Gasteiger partial charge is 0.315 e. The van der Waals surface area contributed by atoms with Gasteiger partial charge in [0.1, 0.15) is 5.52 Å². The van der Waals surface area contributed by atoms with Gasteiger partial charge in [-0.25, -0.2) is 14.8 Å². The second-order valence-corrected chi connectivity index (χ2v) is 8.93. The van der Waals surface area contributed by atoms with Crippen LogP contribution >= 0.6 is 0 Å². The first-order valence-electron chi connectivity index (χ1n) is 11.6. The minimum atomic E-state index is -0.308. The summed E-state index contributed by atoms with van der Waals surface area (Å²) in [6, 6.07) is -0.0256. The topological polar surface area (TPSA) is 125 Å². The van der Waals surface area contributed by atoms with Gasteiger partial charge in [0.15, 0.2) is 18.2 Å². The summed E-state index contributed by atoms with van der Waals surface area (Å²) in [5, 5.41) is 4.04. The van der Waals surface area contributed by atoms with Crippen molar-refractivity contribution in [2.24, 2.45) is 10.9 Å². The van der Waals surface area contributed by atoms with Crippen LogP contribution in [0.3, 0.4) is 0 Å². The van der Waals surface area contributed by atoms with Crippen molar-refractivity contribution in [2.75, 3.05) is 12.3 Å². The molecular formula is C23H37N7O2. The fraction of sp³-hybridized carbons (Fsp3) is 0.652. The number of oxime groups is 1. The fourth-order valence-corrected chi connectivity index (χ4v) is 4.53. The molecule has 0 atom stereocenters. The van der Waals surface area contributed by atoms with Crippen molar-refractivity contribution >= 4 is 28.6 Å². The van der Waals surface area contributed by atoms with Crippen LogP contribution < -0.4 is 11.5 Å². The molecule has 0 unspecified atom stereocenters. The highest BCUT2D eigenvalue weighted by Crippen LogP contribution is 2.27. The first-order chi connectivity index (χ1) is 15.3. The predicted molar refractivity (Wildman–Crippen MR) is 127 cm³/mol. The van der Waals surface area contributed by atoms with E-state index in [0.717, 1.165) is 60.5 Å². The number of aromatic nitrogens is 3. The van der Waals surface area contributed by atoms with E-state index in [0.29, 0.717) is 17.9 Å². The monoisotopic (exact) mass is 443 g/mol. The second kappa shape index (κ2) is 10.7. The van der Waals surface area contributed by atoms with Gasteiger partial charge >= 0.3 is 6.03 Å². The van der Waals surface area contributed by atoms with Gasteiger partial charge in [-0.05, 0) is 58.9 Å². The molecule has 2 heterocycles. The molecule has 0 saturated heterocycles. The molecule has 9 nitrogen and oxygen atoms in total. The highest BCUT2D eigenvalue weighted by molar-refractivity contribution is 5.88. The molecule has 2 aromatic rings. The third kappa shape index (κ3) is 5.49. The predicted octanol–water partition coefficient (Wildman–Crippen LogP) is 4.04. The first kappa shape index (κ1) is 23.8. The number of nitrogens with two attached hydrogens (primary N) is 2. The van der Waals surface area contributed by atoms with E-state index in [1.807, 2.05) is 32.6 Å². The van der Waals surface area contributed by atoms with E-state index >= 15 is 0 Å². The molecule has 1 saturated carbocycles. The number of urea groups is 1. The molecule has 1 fully saturated rings. The van der Waals surface area contributed by atoms with Gasteiger partial charge < -0.3 is 25.8 Å². The van der Waals surface area contributed by atoms with Crippen LogP contribution in [0.15, 0.2) is 5.16 Å². The van der Waals surface area contributed by atoms with Crippen LogP contribution in [0.1, 0.15) is 75.9 Å². The summed E-state index contributed by atoms with van der Waals surface area (Å²) in [4.78, 5) is 28.5. The number of hydrogen-bond donors (Lipinski definition) is 2. The summed E-state index contributed by atoms with van der Waals surface area (Å²) >= 11 is 0. The van der Waals surface area contributed by atoms with Crippen LogP contribution in [0, 0.1) is 13.8 Å². The Bertz CT molecular complexity index is 973. The van der Waals surface area contributed by atoms with Crippen molar-refractivity contribution < 1.29 is 9.63 Å². The molecule has 176 valence electrons. The Balaban J connectivity index is 1.75. The summed E-state index contributed by atoms with van der Waals surface area (Å²) in [5.74, 6) is 1.20. The van der Waals surface area contributed by atoms with Crippen molar-refractivity contribution in [1.82, 2.24) is 19.4 Å². The number of pyridine rings is 1. The molecule has 0 aromatic carbocycles. The Labute approximate surface area is 190 Å². The zero-order valence-electron chi connectivity index (χ0n) is 19.9. The molecule has 3 rings (SSSR count). The first-order valence-corrected chi connectivity index (χ1v) is 11.6. The normalized spacial score (nSPS) is 14.5. The molecule has 4 N–H and O–H groups in total. The van der Waals surface area contributed by atoms with Crippen LogP contribution in [-0.2, 0) is 18.0 Å². The Morgan fingerprint density at radius 1 is 1.19 bits per heavy atom. The van der Waals surface area contributed by atoms with Crippen molar-refractivity contribution in [1.29, 1.82) is 0 Å². The Morgan fingerprint density at radius 2 is 1.91 bits per heavy atom. The number of unbranched alkanes of at least 4 members (excludes halogenated alkanes) is 1. The molecule has 2 amide bonds. The SMILES string of the molecule is CC(C)=NOCc1nc2c(N)nc(C)c(C)c2n1CCCCN(C(N)=O)C1CCCCC1. The minimum absolute atomic E-state index is 0.257. The summed E-state index contributed by atoms with van der Waals surface area (Å²) in [7, 11) is 0. The van der Waals surface area contributed by atoms with Crippen LogP contribution in [0.2, 0.25) is 0 Å².